The zero-order valence-corrected chi connectivity index (χ0v) is 10.9. The predicted octanol–water partition coefficient (Wildman–Crippen LogP) is -0.531. The van der Waals surface area contributed by atoms with E-state index in [1.807, 2.05) is 0 Å². The Kier molecular flexibility index (Phi) is 4.07. The van der Waals surface area contributed by atoms with Crippen LogP contribution in [0.25, 0.3) is 0 Å². The van der Waals surface area contributed by atoms with Crippen LogP contribution in [-0.4, -0.2) is 24.8 Å². The van der Waals surface area contributed by atoms with Crippen LogP contribution in [0.2, 0.25) is 0 Å². The second-order valence-electron chi connectivity index (χ2n) is 3.54. The van der Waals surface area contributed by atoms with Gasteiger partial charge in [0.25, 0.3) is 0 Å². The fourth-order valence-electron chi connectivity index (χ4n) is 1.37. The maximum absolute atomic E-state index is 11.6. The maximum atomic E-state index is 11.6. The van der Waals surface area contributed by atoms with Crippen LogP contribution in [0.1, 0.15) is 15.3 Å². The molecule has 1 aromatic rings. The quantitative estimate of drug-likeness (QED) is 0.348. The Balaban J connectivity index is 3.74. The summed E-state index contributed by atoms with van der Waals surface area (Å²) in [5.41, 5.74) is 0.214. The highest BCUT2D eigenvalue weighted by molar-refractivity contribution is 7.85. The van der Waals surface area contributed by atoms with E-state index in [1.165, 1.54) is 6.92 Å². The van der Waals surface area contributed by atoms with Crippen LogP contribution < -0.4 is 9.13 Å². The molecule has 1 aromatic heterocycles. The minimum Gasteiger partial charge on any atom is -0.277 e. The molecule has 1 rings (SSSR count). The fraction of sp³-hybridized carbons (Fsp3) is 0.0909. The average Bonchev–Trinajstić information content (AvgIpc) is 2.35. The summed E-state index contributed by atoms with van der Waals surface area (Å²) < 4.78 is 33.1. The SMILES string of the molecule is C=CC(=O)[n+]1c[n+](C(=O)C=C)c(S(=O)(=O)O)cc1C. The molecule has 0 spiro atoms. The number of aryl methyl sites for hydroxylation is 1. The van der Waals surface area contributed by atoms with Gasteiger partial charge < -0.3 is 0 Å². The molecule has 0 aliphatic rings. The Bertz CT molecular complexity index is 691. The van der Waals surface area contributed by atoms with Gasteiger partial charge in [-0.05, 0) is 0 Å². The molecule has 0 aromatic carbocycles. The predicted molar refractivity (Wildman–Crippen MR) is 63.0 cm³/mol. The van der Waals surface area contributed by atoms with Gasteiger partial charge >= 0.3 is 33.3 Å². The summed E-state index contributed by atoms with van der Waals surface area (Å²) in [5, 5.41) is -0.650. The summed E-state index contributed by atoms with van der Waals surface area (Å²) in [6, 6.07) is 0.998. The molecule has 0 aliphatic heterocycles. The number of allylic oxidation sites excluding steroid dienone is 2. The first-order valence-electron chi connectivity index (χ1n) is 5.01. The van der Waals surface area contributed by atoms with E-state index in [0.717, 1.165) is 29.1 Å². The van der Waals surface area contributed by atoms with E-state index in [0.29, 0.717) is 4.57 Å². The normalized spacial score (nSPS) is 10.8. The van der Waals surface area contributed by atoms with Crippen molar-refractivity contribution in [3.63, 3.8) is 0 Å². The third kappa shape index (κ3) is 2.98. The summed E-state index contributed by atoms with van der Waals surface area (Å²) in [6.45, 7) is 7.95. The van der Waals surface area contributed by atoms with Gasteiger partial charge in [-0.2, -0.15) is 8.42 Å². The van der Waals surface area contributed by atoms with Gasteiger partial charge in [0.1, 0.15) is 0 Å². The molecule has 0 fully saturated rings. The Labute approximate surface area is 109 Å². The molecule has 0 amide bonds. The van der Waals surface area contributed by atoms with Crippen LogP contribution in [0.4, 0.5) is 0 Å². The minimum atomic E-state index is -4.62. The summed E-state index contributed by atoms with van der Waals surface area (Å²) >= 11 is 0. The summed E-state index contributed by atoms with van der Waals surface area (Å²) in [5.74, 6) is -1.36. The molecule has 0 bridgehead atoms. The molecule has 0 saturated carbocycles. The van der Waals surface area contributed by atoms with E-state index >= 15 is 0 Å². The van der Waals surface area contributed by atoms with Crippen molar-refractivity contribution in [3.8, 4) is 0 Å². The second-order valence-corrected chi connectivity index (χ2v) is 4.91. The van der Waals surface area contributed by atoms with Gasteiger partial charge in [-0.3, -0.25) is 4.55 Å². The van der Waals surface area contributed by atoms with Crippen LogP contribution in [0.3, 0.4) is 0 Å². The van der Waals surface area contributed by atoms with Crippen molar-refractivity contribution in [3.05, 3.63) is 43.4 Å². The molecule has 0 atom stereocenters. The largest absolute Gasteiger partial charge is 0.425 e. The zero-order valence-electron chi connectivity index (χ0n) is 10.1. The highest BCUT2D eigenvalue weighted by Gasteiger charge is 2.34. The topological polar surface area (TPSA) is 96.3 Å². The lowest BCUT2D eigenvalue weighted by molar-refractivity contribution is -0.733. The van der Waals surface area contributed by atoms with Gasteiger partial charge in [0.15, 0.2) is 0 Å². The molecule has 7 nitrogen and oxygen atoms in total. The van der Waals surface area contributed by atoms with E-state index in [-0.39, 0.29) is 5.69 Å². The number of carbonyl (C=O) groups excluding carboxylic acids is 2. The molecule has 1 N–H and O–H groups in total. The molecular formula is C11H12N2O5S+2. The Hall–Kier alpha value is -2.19. The van der Waals surface area contributed by atoms with Crippen molar-refractivity contribution in [2.75, 3.05) is 0 Å². The number of rotatable bonds is 3. The molecule has 0 aliphatic carbocycles. The van der Waals surface area contributed by atoms with Gasteiger partial charge in [0.05, 0.1) is 6.07 Å². The highest BCUT2D eigenvalue weighted by atomic mass is 32.2. The second kappa shape index (κ2) is 5.21. The van der Waals surface area contributed by atoms with E-state index in [2.05, 4.69) is 13.2 Å². The van der Waals surface area contributed by atoms with E-state index in [4.69, 9.17) is 4.55 Å². The average molecular weight is 284 g/mol. The van der Waals surface area contributed by atoms with E-state index < -0.39 is 27.0 Å². The number of carbonyl (C=O) groups is 2. The minimum absolute atomic E-state index is 0.214. The molecular weight excluding hydrogens is 272 g/mol. The number of hydrogen-bond donors (Lipinski definition) is 1. The van der Waals surface area contributed by atoms with Gasteiger partial charge in [0, 0.05) is 19.1 Å². The van der Waals surface area contributed by atoms with Crippen molar-refractivity contribution in [1.29, 1.82) is 0 Å². The Morgan fingerprint density at radius 2 is 1.68 bits per heavy atom. The third-order valence-electron chi connectivity index (χ3n) is 2.27. The summed E-state index contributed by atoms with van der Waals surface area (Å²) in [4.78, 5) is 23.1. The van der Waals surface area contributed by atoms with E-state index in [9.17, 15) is 18.0 Å². The standard InChI is InChI=1S/C11H11N2O5S/c1-4-9(14)12-7-13(10(15)5-2)11(6-8(12)3)19(16,17)18/h4-7H,1-2H2,3H3/q+1/p+1. The van der Waals surface area contributed by atoms with E-state index in [1.54, 1.807) is 0 Å². The lowest BCUT2D eigenvalue weighted by Crippen LogP contribution is -2.57. The van der Waals surface area contributed by atoms with Crippen molar-refractivity contribution in [1.82, 2.24) is 0 Å². The van der Waals surface area contributed by atoms with Crippen molar-refractivity contribution in [2.45, 2.75) is 11.9 Å². The molecule has 100 valence electrons. The van der Waals surface area contributed by atoms with Gasteiger partial charge in [-0.15, -0.1) is 0 Å². The smallest absolute Gasteiger partial charge is 0.277 e. The summed E-state index contributed by atoms with van der Waals surface area (Å²) in [6.07, 6.45) is 2.81. The van der Waals surface area contributed by atoms with Crippen molar-refractivity contribution >= 4 is 21.9 Å². The molecule has 1 heterocycles. The zero-order chi connectivity index (χ0) is 14.8. The number of aromatic nitrogens is 2. The van der Waals surface area contributed by atoms with Crippen LogP contribution >= 0.6 is 0 Å². The molecule has 8 heteroatoms. The van der Waals surface area contributed by atoms with Crippen molar-refractivity contribution in [2.24, 2.45) is 0 Å². The van der Waals surface area contributed by atoms with Gasteiger partial charge in [-0.1, -0.05) is 22.3 Å². The van der Waals surface area contributed by atoms with Crippen LogP contribution in [0.15, 0.2) is 42.7 Å². The lowest BCUT2D eigenvalue weighted by Gasteiger charge is -1.98. The maximum Gasteiger partial charge on any atom is 0.425 e. The molecule has 0 unspecified atom stereocenters. The van der Waals surface area contributed by atoms with Crippen LogP contribution in [0.5, 0.6) is 0 Å². The lowest BCUT2D eigenvalue weighted by atomic mass is 10.4. The molecule has 0 saturated heterocycles. The highest BCUT2D eigenvalue weighted by Crippen LogP contribution is 2.02. The fourth-order valence-corrected chi connectivity index (χ4v) is 2.08. The first kappa shape index (κ1) is 14.9. The van der Waals surface area contributed by atoms with Gasteiger partial charge in [-0.25, -0.2) is 9.59 Å². The summed E-state index contributed by atoms with van der Waals surface area (Å²) in [7, 11) is -4.62. The molecule has 0 radical (unpaired) electrons. The Morgan fingerprint density at radius 3 is 2.11 bits per heavy atom. The van der Waals surface area contributed by atoms with Crippen LogP contribution in [0, 0.1) is 6.92 Å². The Morgan fingerprint density at radius 1 is 1.21 bits per heavy atom. The monoisotopic (exact) mass is 284 g/mol. The van der Waals surface area contributed by atoms with Crippen LogP contribution in [-0.2, 0) is 10.1 Å². The first-order chi connectivity index (χ1) is 8.72. The third-order valence-corrected chi connectivity index (χ3v) is 3.11. The number of nitrogens with zero attached hydrogens (tertiary/aromatic N) is 2. The molecule has 19 heavy (non-hydrogen) atoms. The first-order valence-corrected chi connectivity index (χ1v) is 6.45. The van der Waals surface area contributed by atoms with Gasteiger partial charge in [0.2, 0.25) is 5.69 Å². The van der Waals surface area contributed by atoms with Crippen molar-refractivity contribution < 1.29 is 31.7 Å². The number of hydrogen-bond acceptors (Lipinski definition) is 4.